The zero-order chi connectivity index (χ0) is 17.6. The van der Waals surface area contributed by atoms with Crippen LogP contribution < -0.4 is 10.2 Å². The molecule has 0 aliphatic rings. The lowest BCUT2D eigenvalue weighted by Gasteiger charge is -2.06. The molecule has 0 atom stereocenters. The number of hydrogen-bond acceptors (Lipinski definition) is 4. The summed E-state index contributed by atoms with van der Waals surface area (Å²) < 4.78 is 11.0. The van der Waals surface area contributed by atoms with E-state index in [-0.39, 0.29) is 0 Å². The Kier molecular flexibility index (Phi) is 5.64. The van der Waals surface area contributed by atoms with Crippen molar-refractivity contribution in [3.8, 4) is 17.1 Å². The number of ether oxygens (including phenoxy) is 1. The average molecular weight is 375 g/mol. The summed E-state index contributed by atoms with van der Waals surface area (Å²) in [5, 5.41) is 5.36. The van der Waals surface area contributed by atoms with Gasteiger partial charge >= 0.3 is 0 Å². The minimum absolute atomic E-state index is 0.550. The molecule has 0 radical (unpaired) electrons. The fraction of sp³-hybridized carbons (Fsp3) is 0.105. The number of benzene rings is 2. The zero-order valence-electron chi connectivity index (χ0n) is 13.5. The summed E-state index contributed by atoms with van der Waals surface area (Å²) in [6.07, 6.45) is 1.61. The summed E-state index contributed by atoms with van der Waals surface area (Å²) in [5.41, 5.74) is 4.74. The Hall–Kier alpha value is -2.43. The fourth-order valence-corrected chi connectivity index (χ4v) is 2.73. The molecule has 0 aliphatic heterocycles. The number of methoxy groups -OCH3 is 1. The van der Waals surface area contributed by atoms with E-state index >= 15 is 0 Å². The topological polar surface area (TPSA) is 46.8 Å². The maximum Gasteiger partial charge on any atom is 0.147 e. The summed E-state index contributed by atoms with van der Waals surface area (Å²) in [6.45, 7) is 0.550. The standard InChI is InChI=1S/C19H16Cl2N2O2/c1-24-18-5-3-2-4-13(18)11-22-23-12-15-7-9-19(25-15)16-10-14(20)6-8-17(16)21/h2-10,12,22H,11H2,1H3/b23-12+. The highest BCUT2D eigenvalue weighted by Gasteiger charge is 2.08. The van der Waals surface area contributed by atoms with E-state index in [0.29, 0.717) is 28.1 Å². The molecule has 25 heavy (non-hydrogen) atoms. The van der Waals surface area contributed by atoms with Crippen molar-refractivity contribution in [1.29, 1.82) is 0 Å². The van der Waals surface area contributed by atoms with Crippen LogP contribution in [0.1, 0.15) is 11.3 Å². The van der Waals surface area contributed by atoms with Gasteiger partial charge in [0.1, 0.15) is 17.3 Å². The van der Waals surface area contributed by atoms with Crippen molar-refractivity contribution in [3.05, 3.63) is 76.0 Å². The Morgan fingerprint density at radius 2 is 1.96 bits per heavy atom. The van der Waals surface area contributed by atoms with Crippen LogP contribution >= 0.6 is 23.2 Å². The minimum Gasteiger partial charge on any atom is -0.496 e. The highest BCUT2D eigenvalue weighted by atomic mass is 35.5. The Morgan fingerprint density at radius 3 is 2.80 bits per heavy atom. The lowest BCUT2D eigenvalue weighted by molar-refractivity contribution is 0.408. The zero-order valence-corrected chi connectivity index (χ0v) is 15.0. The van der Waals surface area contributed by atoms with Crippen LogP contribution in [0.4, 0.5) is 0 Å². The van der Waals surface area contributed by atoms with Crippen molar-refractivity contribution in [2.24, 2.45) is 5.10 Å². The molecule has 1 heterocycles. The Bertz CT molecular complexity index is 891. The first-order valence-electron chi connectivity index (χ1n) is 7.60. The SMILES string of the molecule is COc1ccccc1CN/N=C/c1ccc(-c2cc(Cl)ccc2Cl)o1. The molecule has 0 saturated carbocycles. The van der Waals surface area contributed by atoms with Gasteiger partial charge in [0.05, 0.1) is 24.9 Å². The Labute approximate surface area is 156 Å². The number of nitrogens with zero attached hydrogens (tertiary/aromatic N) is 1. The van der Waals surface area contributed by atoms with Gasteiger partial charge < -0.3 is 14.6 Å². The third kappa shape index (κ3) is 4.35. The molecule has 0 spiro atoms. The van der Waals surface area contributed by atoms with Gasteiger partial charge in [0.15, 0.2) is 0 Å². The number of nitrogens with one attached hydrogen (secondary N) is 1. The second-order valence-electron chi connectivity index (χ2n) is 5.23. The third-order valence-electron chi connectivity index (χ3n) is 3.57. The molecule has 0 unspecified atom stereocenters. The smallest absolute Gasteiger partial charge is 0.147 e. The van der Waals surface area contributed by atoms with Crippen LogP contribution in [0.25, 0.3) is 11.3 Å². The van der Waals surface area contributed by atoms with Gasteiger partial charge in [-0.3, -0.25) is 0 Å². The first-order chi connectivity index (χ1) is 12.2. The van der Waals surface area contributed by atoms with Gasteiger partial charge in [-0.25, -0.2) is 0 Å². The molecule has 3 aromatic rings. The molecular weight excluding hydrogens is 359 g/mol. The van der Waals surface area contributed by atoms with Gasteiger partial charge in [-0.15, -0.1) is 0 Å². The van der Waals surface area contributed by atoms with Gasteiger partial charge in [0, 0.05) is 16.1 Å². The molecule has 6 heteroatoms. The van der Waals surface area contributed by atoms with Gasteiger partial charge in [0.25, 0.3) is 0 Å². The number of hydrazone groups is 1. The highest BCUT2D eigenvalue weighted by Crippen LogP contribution is 2.31. The van der Waals surface area contributed by atoms with Gasteiger partial charge in [0.2, 0.25) is 0 Å². The van der Waals surface area contributed by atoms with E-state index in [9.17, 15) is 0 Å². The van der Waals surface area contributed by atoms with Gasteiger partial charge in [-0.2, -0.15) is 5.10 Å². The molecule has 3 rings (SSSR count). The summed E-state index contributed by atoms with van der Waals surface area (Å²) >= 11 is 12.2. The van der Waals surface area contributed by atoms with Crippen molar-refractivity contribution in [1.82, 2.24) is 5.43 Å². The average Bonchev–Trinajstić information content (AvgIpc) is 3.10. The first kappa shape index (κ1) is 17.4. The molecule has 0 amide bonds. The molecule has 2 aromatic carbocycles. The number of rotatable bonds is 6. The van der Waals surface area contributed by atoms with Gasteiger partial charge in [-0.1, -0.05) is 41.4 Å². The van der Waals surface area contributed by atoms with E-state index in [1.165, 1.54) is 0 Å². The van der Waals surface area contributed by atoms with Crippen LogP contribution in [-0.2, 0) is 6.54 Å². The number of hydrogen-bond donors (Lipinski definition) is 1. The summed E-state index contributed by atoms with van der Waals surface area (Å²) in [4.78, 5) is 0. The van der Waals surface area contributed by atoms with E-state index in [0.717, 1.165) is 16.9 Å². The van der Waals surface area contributed by atoms with Gasteiger partial charge in [-0.05, 0) is 36.4 Å². The molecule has 128 valence electrons. The number of para-hydroxylation sites is 1. The molecule has 1 N–H and O–H groups in total. The van der Waals surface area contributed by atoms with Crippen LogP contribution in [0.15, 0.2) is 64.1 Å². The van der Waals surface area contributed by atoms with Crippen molar-refractivity contribution in [3.63, 3.8) is 0 Å². The van der Waals surface area contributed by atoms with Crippen molar-refractivity contribution in [2.45, 2.75) is 6.54 Å². The minimum atomic E-state index is 0.550. The lowest BCUT2D eigenvalue weighted by atomic mass is 10.2. The van der Waals surface area contributed by atoms with Crippen LogP contribution in [0.5, 0.6) is 5.75 Å². The lowest BCUT2D eigenvalue weighted by Crippen LogP contribution is -2.06. The fourth-order valence-electron chi connectivity index (χ4n) is 2.34. The van der Waals surface area contributed by atoms with Crippen molar-refractivity contribution >= 4 is 29.4 Å². The molecule has 0 saturated heterocycles. The van der Waals surface area contributed by atoms with Crippen LogP contribution in [-0.4, -0.2) is 13.3 Å². The summed E-state index contributed by atoms with van der Waals surface area (Å²) in [5.74, 6) is 2.07. The highest BCUT2D eigenvalue weighted by molar-refractivity contribution is 6.35. The third-order valence-corrected chi connectivity index (χ3v) is 4.13. The summed E-state index contributed by atoms with van der Waals surface area (Å²) in [7, 11) is 1.65. The number of furan rings is 1. The molecule has 0 aliphatic carbocycles. The Morgan fingerprint density at radius 1 is 1.12 bits per heavy atom. The molecule has 1 aromatic heterocycles. The largest absolute Gasteiger partial charge is 0.496 e. The molecule has 4 nitrogen and oxygen atoms in total. The first-order valence-corrected chi connectivity index (χ1v) is 8.36. The second kappa shape index (κ2) is 8.10. The molecule has 0 fully saturated rings. The van der Waals surface area contributed by atoms with E-state index in [1.54, 1.807) is 31.5 Å². The predicted octanol–water partition coefficient (Wildman–Crippen LogP) is 5.39. The van der Waals surface area contributed by atoms with E-state index < -0.39 is 0 Å². The van der Waals surface area contributed by atoms with E-state index in [1.807, 2.05) is 36.4 Å². The van der Waals surface area contributed by atoms with Crippen molar-refractivity contribution < 1.29 is 9.15 Å². The van der Waals surface area contributed by atoms with Crippen LogP contribution in [0.2, 0.25) is 10.0 Å². The van der Waals surface area contributed by atoms with E-state index in [4.69, 9.17) is 32.4 Å². The quantitative estimate of drug-likeness (QED) is 0.464. The second-order valence-corrected chi connectivity index (χ2v) is 6.07. The maximum atomic E-state index is 6.19. The van der Waals surface area contributed by atoms with Crippen molar-refractivity contribution in [2.75, 3.05) is 7.11 Å². The predicted molar refractivity (Wildman–Crippen MR) is 102 cm³/mol. The maximum absolute atomic E-state index is 6.19. The Balaban J connectivity index is 1.65. The number of halogens is 2. The van der Waals surface area contributed by atoms with Crippen LogP contribution in [0, 0.1) is 0 Å². The summed E-state index contributed by atoms with van der Waals surface area (Å²) in [6, 6.07) is 16.7. The van der Waals surface area contributed by atoms with Crippen LogP contribution in [0.3, 0.4) is 0 Å². The molecule has 0 bridgehead atoms. The normalized spacial score (nSPS) is 11.0. The van der Waals surface area contributed by atoms with E-state index in [2.05, 4.69) is 10.5 Å². The molecular formula is C19H16Cl2N2O2. The monoisotopic (exact) mass is 374 g/mol.